The highest BCUT2D eigenvalue weighted by Crippen LogP contribution is 2.29. The molecule has 1 aromatic carbocycles. The maximum Gasteiger partial charge on any atom is 0.417 e. The molecule has 3 aromatic heterocycles. The molecular weight excluding hydrogens is 413 g/mol. The fourth-order valence-corrected chi connectivity index (χ4v) is 2.86. The topological polar surface area (TPSA) is 103 Å². The molecule has 0 fully saturated rings. The van der Waals surface area contributed by atoms with Gasteiger partial charge in [0.2, 0.25) is 5.91 Å². The number of tetrazole rings is 1. The van der Waals surface area contributed by atoms with Gasteiger partial charge in [0.1, 0.15) is 12.1 Å². The molecule has 0 saturated heterocycles. The lowest BCUT2D eigenvalue weighted by Gasteiger charge is -2.10. The van der Waals surface area contributed by atoms with E-state index in [-0.39, 0.29) is 18.1 Å². The molecule has 0 aliphatic rings. The van der Waals surface area contributed by atoms with E-state index < -0.39 is 11.7 Å². The van der Waals surface area contributed by atoms with Gasteiger partial charge >= 0.3 is 6.18 Å². The molecule has 4 aromatic rings. The summed E-state index contributed by atoms with van der Waals surface area (Å²) < 4.78 is 41.1. The predicted molar refractivity (Wildman–Crippen MR) is 103 cm³/mol. The van der Waals surface area contributed by atoms with Crippen LogP contribution in [-0.4, -0.2) is 40.9 Å². The van der Waals surface area contributed by atoms with Crippen LogP contribution in [0.15, 0.2) is 55.0 Å². The fraction of sp³-hybridized carbons (Fsp3) is 0.158. The van der Waals surface area contributed by atoms with Gasteiger partial charge in [-0.05, 0) is 47.2 Å². The SMILES string of the molecule is Cc1cc(NC(=O)Cc2ccc(-n3cnnn3)cc2)n(-c2ccc(C(F)(F)F)cn2)n1. The first-order valence-electron chi connectivity index (χ1n) is 9.02. The van der Waals surface area contributed by atoms with Gasteiger partial charge < -0.3 is 5.32 Å². The standard InChI is InChI=1S/C19H15F3N8O/c1-12-8-17(30(26-12)16-7-4-14(10-23-16)19(20,21)22)25-18(31)9-13-2-5-15(6-3-13)29-11-24-27-28-29/h2-8,10-11H,9H2,1H3,(H,25,31). The Balaban J connectivity index is 1.48. The molecule has 0 saturated carbocycles. The molecule has 4 rings (SSSR count). The zero-order valence-corrected chi connectivity index (χ0v) is 16.1. The lowest BCUT2D eigenvalue weighted by molar-refractivity contribution is -0.137. The van der Waals surface area contributed by atoms with Crippen LogP contribution in [0.3, 0.4) is 0 Å². The summed E-state index contributed by atoms with van der Waals surface area (Å²) in [7, 11) is 0. The number of carbonyl (C=O) groups excluding carboxylic acids is 1. The fourth-order valence-electron chi connectivity index (χ4n) is 2.86. The highest BCUT2D eigenvalue weighted by molar-refractivity contribution is 5.91. The Bertz CT molecular complexity index is 1180. The Hall–Kier alpha value is -4.09. The summed E-state index contributed by atoms with van der Waals surface area (Å²) in [5.41, 5.74) is 1.21. The Kier molecular flexibility index (Phi) is 5.19. The average Bonchev–Trinajstić information content (AvgIpc) is 3.38. The summed E-state index contributed by atoms with van der Waals surface area (Å²) in [6.07, 6.45) is -2.21. The molecule has 31 heavy (non-hydrogen) atoms. The largest absolute Gasteiger partial charge is 0.417 e. The van der Waals surface area contributed by atoms with Crippen molar-refractivity contribution >= 4 is 11.7 Å². The number of hydrogen-bond donors (Lipinski definition) is 1. The van der Waals surface area contributed by atoms with Crippen molar-refractivity contribution in [3.63, 3.8) is 0 Å². The van der Waals surface area contributed by atoms with Gasteiger partial charge in [-0.2, -0.15) is 23.0 Å². The lowest BCUT2D eigenvalue weighted by Crippen LogP contribution is -2.17. The highest BCUT2D eigenvalue weighted by Gasteiger charge is 2.30. The van der Waals surface area contributed by atoms with Crippen LogP contribution in [-0.2, 0) is 17.4 Å². The number of carbonyl (C=O) groups is 1. The van der Waals surface area contributed by atoms with E-state index in [4.69, 9.17) is 0 Å². The van der Waals surface area contributed by atoms with Crippen molar-refractivity contribution in [3.05, 3.63) is 71.8 Å². The van der Waals surface area contributed by atoms with Crippen LogP contribution in [0.2, 0.25) is 0 Å². The van der Waals surface area contributed by atoms with Gasteiger partial charge in [-0.1, -0.05) is 12.1 Å². The smallest absolute Gasteiger partial charge is 0.310 e. The molecule has 1 amide bonds. The molecule has 0 unspecified atom stereocenters. The molecule has 9 nitrogen and oxygen atoms in total. The van der Waals surface area contributed by atoms with Crippen LogP contribution >= 0.6 is 0 Å². The Morgan fingerprint density at radius 1 is 1.13 bits per heavy atom. The van der Waals surface area contributed by atoms with Crippen molar-refractivity contribution in [2.75, 3.05) is 5.32 Å². The van der Waals surface area contributed by atoms with Gasteiger partial charge in [0.05, 0.1) is 23.4 Å². The molecular formula is C19H15F3N8O. The summed E-state index contributed by atoms with van der Waals surface area (Å²) in [6.45, 7) is 1.70. The molecule has 0 atom stereocenters. The van der Waals surface area contributed by atoms with Crippen LogP contribution < -0.4 is 5.32 Å². The number of rotatable bonds is 5. The first-order chi connectivity index (χ1) is 14.8. The van der Waals surface area contributed by atoms with Crippen LogP contribution in [0.4, 0.5) is 19.0 Å². The first kappa shape index (κ1) is 20.2. The molecule has 0 radical (unpaired) electrons. The third kappa shape index (κ3) is 4.57. The third-order valence-electron chi connectivity index (χ3n) is 4.31. The molecule has 1 N–H and O–H groups in total. The average molecular weight is 428 g/mol. The van der Waals surface area contributed by atoms with Crippen LogP contribution in [0.5, 0.6) is 0 Å². The van der Waals surface area contributed by atoms with E-state index in [9.17, 15) is 18.0 Å². The van der Waals surface area contributed by atoms with Gasteiger partial charge in [-0.25, -0.2) is 9.67 Å². The molecule has 3 heterocycles. The van der Waals surface area contributed by atoms with E-state index in [1.807, 2.05) is 0 Å². The zero-order chi connectivity index (χ0) is 22.0. The number of aryl methyl sites for hydroxylation is 1. The minimum Gasteiger partial charge on any atom is -0.310 e. The summed E-state index contributed by atoms with van der Waals surface area (Å²) in [5, 5.41) is 17.9. The second-order valence-corrected chi connectivity index (χ2v) is 6.63. The molecule has 0 bridgehead atoms. The Morgan fingerprint density at radius 3 is 2.52 bits per heavy atom. The Labute approximate surface area is 173 Å². The number of benzene rings is 1. The van der Waals surface area contributed by atoms with Crippen molar-refractivity contribution in [2.24, 2.45) is 0 Å². The second kappa shape index (κ2) is 7.97. The molecule has 0 spiro atoms. The monoisotopic (exact) mass is 428 g/mol. The maximum absolute atomic E-state index is 12.8. The first-order valence-corrected chi connectivity index (χ1v) is 9.02. The molecule has 0 aliphatic heterocycles. The van der Waals surface area contributed by atoms with Gasteiger partial charge in [0.25, 0.3) is 0 Å². The van der Waals surface area contributed by atoms with E-state index >= 15 is 0 Å². The molecule has 158 valence electrons. The van der Waals surface area contributed by atoms with Crippen molar-refractivity contribution in [1.82, 2.24) is 35.0 Å². The summed E-state index contributed by atoms with van der Waals surface area (Å²) in [5.74, 6) is 0.144. The van der Waals surface area contributed by atoms with Crippen LogP contribution in [0, 0.1) is 6.92 Å². The van der Waals surface area contributed by atoms with Crippen LogP contribution in [0.1, 0.15) is 16.8 Å². The number of pyridine rings is 1. The quantitative estimate of drug-likeness (QED) is 0.524. The van der Waals surface area contributed by atoms with Crippen molar-refractivity contribution in [1.29, 1.82) is 0 Å². The minimum absolute atomic E-state index is 0.0839. The molecule has 12 heteroatoms. The van der Waals surface area contributed by atoms with Gasteiger partial charge in [-0.15, -0.1) is 5.10 Å². The zero-order valence-electron chi connectivity index (χ0n) is 16.1. The van der Waals surface area contributed by atoms with Crippen molar-refractivity contribution in [2.45, 2.75) is 19.5 Å². The van der Waals surface area contributed by atoms with E-state index in [0.29, 0.717) is 11.5 Å². The van der Waals surface area contributed by atoms with E-state index in [1.54, 1.807) is 37.3 Å². The number of halogens is 3. The molecule has 0 aliphatic carbocycles. The summed E-state index contributed by atoms with van der Waals surface area (Å²) in [4.78, 5) is 16.3. The predicted octanol–water partition coefficient (Wildman–Crippen LogP) is 2.75. The number of anilines is 1. The number of aromatic nitrogens is 7. The number of nitrogens with zero attached hydrogens (tertiary/aromatic N) is 7. The van der Waals surface area contributed by atoms with Gasteiger partial charge in [0, 0.05) is 12.3 Å². The second-order valence-electron chi connectivity index (χ2n) is 6.63. The van der Waals surface area contributed by atoms with Gasteiger partial charge in [0.15, 0.2) is 5.82 Å². The normalized spacial score (nSPS) is 11.5. The number of alkyl halides is 3. The number of nitrogens with one attached hydrogen (secondary N) is 1. The Morgan fingerprint density at radius 2 is 1.90 bits per heavy atom. The van der Waals surface area contributed by atoms with E-state index in [0.717, 1.165) is 23.5 Å². The van der Waals surface area contributed by atoms with Crippen LogP contribution in [0.25, 0.3) is 11.5 Å². The summed E-state index contributed by atoms with van der Waals surface area (Å²) in [6, 6.07) is 10.8. The van der Waals surface area contributed by atoms with E-state index in [2.05, 4.69) is 30.9 Å². The third-order valence-corrected chi connectivity index (χ3v) is 4.31. The van der Waals surface area contributed by atoms with Crippen molar-refractivity contribution < 1.29 is 18.0 Å². The van der Waals surface area contributed by atoms with Gasteiger partial charge in [-0.3, -0.25) is 4.79 Å². The minimum atomic E-state index is -4.48. The number of hydrogen-bond acceptors (Lipinski definition) is 6. The van der Waals surface area contributed by atoms with Crippen molar-refractivity contribution in [3.8, 4) is 11.5 Å². The highest BCUT2D eigenvalue weighted by atomic mass is 19.4. The maximum atomic E-state index is 12.8. The lowest BCUT2D eigenvalue weighted by atomic mass is 10.1. The summed E-state index contributed by atoms with van der Waals surface area (Å²) >= 11 is 0. The van der Waals surface area contributed by atoms with E-state index in [1.165, 1.54) is 21.8 Å². The number of amides is 1.